The highest BCUT2D eigenvalue weighted by molar-refractivity contribution is 5.80. The number of nitrogens with one attached hydrogen (secondary N) is 1. The molecule has 0 bridgehead atoms. The molecule has 2 rings (SSSR count). The van der Waals surface area contributed by atoms with Crippen molar-refractivity contribution in [1.29, 1.82) is 0 Å². The topological polar surface area (TPSA) is 67.9 Å². The lowest BCUT2D eigenvalue weighted by molar-refractivity contribution is -0.127. The van der Waals surface area contributed by atoms with Crippen molar-refractivity contribution in [3.8, 4) is 0 Å². The van der Waals surface area contributed by atoms with E-state index in [4.69, 9.17) is 9.47 Å². The molecule has 0 aliphatic carbocycles. The second-order valence-electron chi connectivity index (χ2n) is 7.15. The number of carbonyl (C=O) groups excluding carboxylic acids is 2. The zero-order valence-corrected chi connectivity index (χ0v) is 13.9. The van der Waals surface area contributed by atoms with Gasteiger partial charge in [-0.2, -0.15) is 0 Å². The molecule has 0 spiro atoms. The van der Waals surface area contributed by atoms with Crippen molar-refractivity contribution in [2.24, 2.45) is 5.92 Å². The number of amides is 2. The molecule has 0 aromatic rings. The second kappa shape index (κ2) is 7.31. The van der Waals surface area contributed by atoms with Gasteiger partial charge in [-0.05, 0) is 46.5 Å². The summed E-state index contributed by atoms with van der Waals surface area (Å²) in [6.45, 7) is 8.00. The third-order valence-electron chi connectivity index (χ3n) is 3.97. The largest absolute Gasteiger partial charge is 0.444 e. The van der Waals surface area contributed by atoms with Crippen molar-refractivity contribution >= 4 is 12.0 Å². The Balaban J connectivity index is 1.79. The molecule has 0 saturated carbocycles. The lowest BCUT2D eigenvalue weighted by Crippen LogP contribution is -2.47. The van der Waals surface area contributed by atoms with E-state index in [0.717, 1.165) is 32.3 Å². The van der Waals surface area contributed by atoms with Crippen LogP contribution in [0, 0.1) is 5.92 Å². The summed E-state index contributed by atoms with van der Waals surface area (Å²) in [5.74, 6) is -0.133. The first-order valence-electron chi connectivity index (χ1n) is 8.22. The van der Waals surface area contributed by atoms with E-state index in [-0.39, 0.29) is 24.0 Å². The van der Waals surface area contributed by atoms with E-state index in [1.807, 2.05) is 20.8 Å². The normalized spacial score (nSPS) is 25.9. The van der Waals surface area contributed by atoms with Crippen LogP contribution in [0.1, 0.15) is 46.5 Å². The van der Waals surface area contributed by atoms with Crippen LogP contribution in [0.25, 0.3) is 0 Å². The van der Waals surface area contributed by atoms with Gasteiger partial charge in [0.25, 0.3) is 0 Å². The summed E-state index contributed by atoms with van der Waals surface area (Å²) in [6, 6.07) is 0. The summed E-state index contributed by atoms with van der Waals surface area (Å²) in [5, 5.41) is 2.96. The van der Waals surface area contributed by atoms with Crippen LogP contribution in [-0.4, -0.2) is 54.8 Å². The Morgan fingerprint density at radius 3 is 2.68 bits per heavy atom. The molecule has 1 N–H and O–H groups in total. The summed E-state index contributed by atoms with van der Waals surface area (Å²) < 4.78 is 10.9. The van der Waals surface area contributed by atoms with Gasteiger partial charge in [-0.1, -0.05) is 0 Å². The number of ether oxygens (including phenoxy) is 2. The Labute approximate surface area is 132 Å². The summed E-state index contributed by atoms with van der Waals surface area (Å²) in [6.07, 6.45) is 3.54. The zero-order chi connectivity index (χ0) is 16.2. The van der Waals surface area contributed by atoms with Crippen LogP contribution in [0.4, 0.5) is 4.79 Å². The van der Waals surface area contributed by atoms with Gasteiger partial charge in [0.15, 0.2) is 0 Å². The molecular formula is C16H28N2O4. The van der Waals surface area contributed by atoms with Crippen LogP contribution in [0.5, 0.6) is 0 Å². The average Bonchev–Trinajstić information content (AvgIpc) is 2.96. The van der Waals surface area contributed by atoms with E-state index in [9.17, 15) is 9.59 Å². The van der Waals surface area contributed by atoms with E-state index in [1.165, 1.54) is 0 Å². The second-order valence-corrected chi connectivity index (χ2v) is 7.15. The molecule has 2 aliphatic rings. The minimum absolute atomic E-state index is 0.0174. The number of hydrogen-bond donors (Lipinski definition) is 1. The standard InChI is InChI=1S/C16H28N2O4/c1-16(2,3)22-15(20)18-8-4-6-12(11-18)14(19)17-10-13-7-5-9-21-13/h12-13H,4-11H2,1-3H3,(H,17,19)/t12-,13+/m1/s1. The van der Waals surface area contributed by atoms with Crippen molar-refractivity contribution in [1.82, 2.24) is 10.2 Å². The Kier molecular flexibility index (Phi) is 5.67. The first-order chi connectivity index (χ1) is 10.3. The fraction of sp³-hybridized carbons (Fsp3) is 0.875. The van der Waals surface area contributed by atoms with Crippen LogP contribution in [-0.2, 0) is 14.3 Å². The minimum Gasteiger partial charge on any atom is -0.444 e. The van der Waals surface area contributed by atoms with E-state index in [1.54, 1.807) is 4.90 Å². The van der Waals surface area contributed by atoms with Gasteiger partial charge in [0.2, 0.25) is 5.91 Å². The van der Waals surface area contributed by atoms with Crippen molar-refractivity contribution < 1.29 is 19.1 Å². The number of piperidine rings is 1. The molecule has 2 amide bonds. The quantitative estimate of drug-likeness (QED) is 0.864. The van der Waals surface area contributed by atoms with Gasteiger partial charge in [-0.25, -0.2) is 4.79 Å². The predicted octanol–water partition coefficient (Wildman–Crippen LogP) is 1.93. The summed E-state index contributed by atoms with van der Waals surface area (Å²) in [5.41, 5.74) is -0.508. The van der Waals surface area contributed by atoms with Crippen LogP contribution in [0.3, 0.4) is 0 Å². The fourth-order valence-corrected chi connectivity index (χ4v) is 2.85. The van der Waals surface area contributed by atoms with Gasteiger partial charge in [-0.3, -0.25) is 4.79 Å². The molecule has 2 fully saturated rings. The third kappa shape index (κ3) is 5.16. The Morgan fingerprint density at radius 2 is 2.05 bits per heavy atom. The monoisotopic (exact) mass is 312 g/mol. The highest BCUT2D eigenvalue weighted by Gasteiger charge is 2.31. The lowest BCUT2D eigenvalue weighted by atomic mass is 9.97. The van der Waals surface area contributed by atoms with Gasteiger partial charge in [0.05, 0.1) is 12.0 Å². The molecule has 0 aromatic carbocycles. The zero-order valence-electron chi connectivity index (χ0n) is 13.9. The van der Waals surface area contributed by atoms with Crippen LogP contribution >= 0.6 is 0 Å². The average molecular weight is 312 g/mol. The van der Waals surface area contributed by atoms with Crippen molar-refractivity contribution in [2.75, 3.05) is 26.2 Å². The molecule has 0 unspecified atom stereocenters. The molecule has 6 nitrogen and oxygen atoms in total. The molecule has 2 aliphatic heterocycles. The maximum absolute atomic E-state index is 12.3. The van der Waals surface area contributed by atoms with E-state index in [2.05, 4.69) is 5.32 Å². The fourth-order valence-electron chi connectivity index (χ4n) is 2.85. The summed E-state index contributed by atoms with van der Waals surface area (Å²) >= 11 is 0. The predicted molar refractivity (Wildman–Crippen MR) is 82.5 cm³/mol. The van der Waals surface area contributed by atoms with E-state index >= 15 is 0 Å². The van der Waals surface area contributed by atoms with Gasteiger partial charge in [0, 0.05) is 26.2 Å². The smallest absolute Gasteiger partial charge is 0.410 e. The lowest BCUT2D eigenvalue weighted by Gasteiger charge is -2.33. The Morgan fingerprint density at radius 1 is 1.27 bits per heavy atom. The van der Waals surface area contributed by atoms with E-state index in [0.29, 0.717) is 19.6 Å². The van der Waals surface area contributed by atoms with Crippen molar-refractivity contribution in [2.45, 2.75) is 58.2 Å². The highest BCUT2D eigenvalue weighted by atomic mass is 16.6. The van der Waals surface area contributed by atoms with Crippen molar-refractivity contribution in [3.63, 3.8) is 0 Å². The maximum atomic E-state index is 12.3. The van der Waals surface area contributed by atoms with Gasteiger partial charge >= 0.3 is 6.09 Å². The van der Waals surface area contributed by atoms with Gasteiger partial charge < -0.3 is 19.7 Å². The Hall–Kier alpha value is -1.30. The molecule has 22 heavy (non-hydrogen) atoms. The Bertz CT molecular complexity index is 399. The first-order valence-corrected chi connectivity index (χ1v) is 8.22. The van der Waals surface area contributed by atoms with Crippen molar-refractivity contribution in [3.05, 3.63) is 0 Å². The SMILES string of the molecule is CC(C)(C)OC(=O)N1CCC[C@@H](C(=O)NC[C@@H]2CCCO2)C1. The van der Waals surface area contributed by atoms with Crippen LogP contribution < -0.4 is 5.32 Å². The minimum atomic E-state index is -0.508. The number of carbonyl (C=O) groups is 2. The van der Waals surface area contributed by atoms with Gasteiger partial charge in [-0.15, -0.1) is 0 Å². The molecule has 2 heterocycles. The maximum Gasteiger partial charge on any atom is 0.410 e. The van der Waals surface area contributed by atoms with Crippen LogP contribution in [0.2, 0.25) is 0 Å². The number of likely N-dealkylation sites (tertiary alicyclic amines) is 1. The summed E-state index contributed by atoms with van der Waals surface area (Å²) in [7, 11) is 0. The molecule has 6 heteroatoms. The van der Waals surface area contributed by atoms with Gasteiger partial charge in [0.1, 0.15) is 5.60 Å². The molecule has 126 valence electrons. The molecular weight excluding hydrogens is 284 g/mol. The molecule has 0 radical (unpaired) electrons. The summed E-state index contributed by atoms with van der Waals surface area (Å²) in [4.78, 5) is 26.0. The number of nitrogens with zero attached hydrogens (tertiary/aromatic N) is 1. The van der Waals surface area contributed by atoms with Crippen LogP contribution in [0.15, 0.2) is 0 Å². The molecule has 0 aromatic heterocycles. The number of rotatable bonds is 3. The van der Waals surface area contributed by atoms with E-state index < -0.39 is 5.60 Å². The molecule has 2 atom stereocenters. The molecule has 2 saturated heterocycles. The highest BCUT2D eigenvalue weighted by Crippen LogP contribution is 2.20. The third-order valence-corrected chi connectivity index (χ3v) is 3.97. The first kappa shape index (κ1) is 17.1. The number of hydrogen-bond acceptors (Lipinski definition) is 4.